The minimum atomic E-state index is -1.46. The van der Waals surface area contributed by atoms with Crippen LogP contribution >= 0.6 is 0 Å². The van der Waals surface area contributed by atoms with Crippen molar-refractivity contribution >= 4 is 56.3 Å². The first-order valence-electron chi connectivity index (χ1n) is 20.6. The van der Waals surface area contributed by atoms with Crippen molar-refractivity contribution in [2.24, 2.45) is 0 Å². The quantitative estimate of drug-likeness (QED) is 0.0945. The van der Waals surface area contributed by atoms with Crippen LogP contribution in [0.25, 0.3) is 5.32 Å². The Kier molecular flexibility index (Phi) is 29.8. The molecule has 0 spiro atoms. The Labute approximate surface area is 379 Å². The number of methoxy groups -OCH3 is 2. The molecule has 0 aromatic heterocycles. The molecule has 16 heteroatoms. The van der Waals surface area contributed by atoms with Gasteiger partial charge in [-0.1, -0.05) is 130 Å². The smallest absolute Gasteiger partial charge is 0.409 e. The van der Waals surface area contributed by atoms with E-state index in [-0.39, 0.29) is 65.0 Å². The molecule has 2 aliphatic heterocycles. The Bertz CT molecular complexity index is 1330. The van der Waals surface area contributed by atoms with E-state index in [1.807, 2.05) is 9.80 Å². The van der Waals surface area contributed by atoms with E-state index in [1.165, 1.54) is 51.2 Å². The van der Waals surface area contributed by atoms with Crippen molar-refractivity contribution in [1.29, 1.82) is 0 Å². The average molecular weight is 969 g/mol. The molecule has 10 nitrogen and oxygen atoms in total. The van der Waals surface area contributed by atoms with Crippen molar-refractivity contribution in [3.63, 3.8) is 0 Å². The molecule has 1 aromatic rings. The van der Waals surface area contributed by atoms with Crippen LogP contribution in [0, 0.1) is 7.43 Å². The summed E-state index contributed by atoms with van der Waals surface area (Å²) >= 11 is 0. The molecule has 1 saturated heterocycles. The summed E-state index contributed by atoms with van der Waals surface area (Å²) in [6, 6.07) is 7.46. The van der Waals surface area contributed by atoms with Crippen molar-refractivity contribution in [2.45, 2.75) is 155 Å². The molecule has 4 amide bonds. The number of ether oxygens (including phenoxy) is 2. The molecule has 342 valence electrons. The number of imide groups is 1. The van der Waals surface area contributed by atoms with E-state index in [4.69, 9.17) is 9.47 Å². The number of fused-ring (bicyclic) bond motifs is 1. The van der Waals surface area contributed by atoms with E-state index in [9.17, 15) is 19.2 Å². The molecule has 1 saturated carbocycles. The van der Waals surface area contributed by atoms with Crippen LogP contribution in [0.1, 0.15) is 85.4 Å². The standard InChI is InChI=1S/C12H15NO2Si.C12H25NO2Si.C9H19NO2Si.C8H20NSi.CH3.2Co/c1-16(2,3)8-13-11(14)9-6-4-5-7-10(9)12(13)15;1-15-12(14)13(10-16(2,3)4)11-8-6-5-7-9-11;1-12-9(11)10-7-5-6-8(10)13(2,3)4;1-5-6-7-9-8-10(2,3)4;;;/h4-7H,8H2,1-3H3;11H,5-10H2,1-4H3;8H,5-7H2,1-4H3;5-8H2,1-4H3;1H3;;/q;;;2*-1;;. The van der Waals surface area contributed by atoms with E-state index in [2.05, 4.69) is 90.8 Å². The van der Waals surface area contributed by atoms with Gasteiger partial charge in [0.2, 0.25) is 0 Å². The third-order valence-electron chi connectivity index (χ3n) is 9.50. The minimum Gasteiger partial charge on any atom is -0.665 e. The number of carbonyl (C=O) groups excluding carboxylic acids is 4. The Morgan fingerprint density at radius 1 is 0.759 bits per heavy atom. The summed E-state index contributed by atoms with van der Waals surface area (Å²) in [5.41, 5.74) is 1.57. The van der Waals surface area contributed by atoms with Crippen molar-refractivity contribution in [3.05, 3.63) is 48.1 Å². The third kappa shape index (κ3) is 23.1. The number of nitrogens with zero attached hydrogens (tertiary/aromatic N) is 4. The zero-order chi connectivity index (χ0) is 42.2. The van der Waals surface area contributed by atoms with Crippen molar-refractivity contribution in [1.82, 2.24) is 14.7 Å². The molecule has 1 aromatic carbocycles. The summed E-state index contributed by atoms with van der Waals surface area (Å²) in [5.74, 6) is -0.272. The van der Waals surface area contributed by atoms with Gasteiger partial charge in [-0.15, -0.1) is 6.54 Å². The molecular formula is C42H82Co2N4O6Si4-2. The van der Waals surface area contributed by atoms with E-state index in [0.29, 0.717) is 29.0 Å². The second-order valence-corrected chi connectivity index (χ2v) is 41.7. The SMILES string of the molecule is CCCC[N-]C[Si](C)(C)C.COC(=O)N(C[Si](C)(C)C)C1CCCCC1.COC(=O)N1CCCC1[Si](C)(C)C.C[Si](C)(C)CN1C(=O)c2ccccc2C1=O.[CH3-].[Co].[Co]. The number of benzene rings is 1. The molecule has 1 unspecified atom stereocenters. The van der Waals surface area contributed by atoms with E-state index in [1.54, 1.807) is 24.3 Å². The summed E-state index contributed by atoms with van der Waals surface area (Å²) in [7, 11) is -1.89. The first-order chi connectivity index (χ1) is 25.4. The molecule has 1 aliphatic carbocycles. The van der Waals surface area contributed by atoms with Gasteiger partial charge in [0.05, 0.1) is 49.6 Å². The van der Waals surface area contributed by atoms with Gasteiger partial charge in [0.15, 0.2) is 0 Å². The normalized spacial score (nSPS) is 16.6. The van der Waals surface area contributed by atoms with Crippen molar-refractivity contribution < 1.29 is 62.2 Å². The van der Waals surface area contributed by atoms with Crippen LogP contribution in [0.3, 0.4) is 0 Å². The number of carbonyl (C=O) groups is 4. The third-order valence-corrected chi connectivity index (χ3v) is 15.8. The molecule has 1 atom stereocenters. The topological polar surface area (TPSA) is 111 Å². The van der Waals surface area contributed by atoms with Gasteiger partial charge in [-0.25, -0.2) is 9.59 Å². The van der Waals surface area contributed by atoms with Crippen molar-refractivity contribution in [2.75, 3.05) is 45.8 Å². The zero-order valence-electron chi connectivity index (χ0n) is 39.3. The maximum atomic E-state index is 12.0. The first-order valence-corrected chi connectivity index (χ1v) is 35.3. The van der Waals surface area contributed by atoms with Crippen LogP contribution in [0.2, 0.25) is 78.6 Å². The summed E-state index contributed by atoms with van der Waals surface area (Å²) in [4.78, 5) is 52.5. The molecule has 3 aliphatic rings. The Balaban J connectivity index is -0.000000694. The number of hydrogen-bond donors (Lipinski definition) is 0. The first kappa shape index (κ1) is 61.0. The van der Waals surface area contributed by atoms with Crippen LogP contribution in [-0.2, 0) is 43.0 Å². The maximum Gasteiger partial charge on any atom is 0.409 e. The van der Waals surface area contributed by atoms with Gasteiger partial charge in [0.25, 0.3) is 11.8 Å². The number of unbranched alkanes of at least 4 members (excludes halogenated alkanes) is 1. The van der Waals surface area contributed by atoms with Gasteiger partial charge in [-0.05, 0) is 37.8 Å². The van der Waals surface area contributed by atoms with E-state index >= 15 is 0 Å². The summed E-state index contributed by atoms with van der Waals surface area (Å²) in [6.07, 6.45) is 13.3. The largest absolute Gasteiger partial charge is 0.665 e. The number of amides is 4. The molecule has 0 N–H and O–H groups in total. The Hall–Kier alpha value is -1.26. The number of likely N-dealkylation sites (tertiary alicyclic amines) is 1. The predicted molar refractivity (Wildman–Crippen MR) is 248 cm³/mol. The van der Waals surface area contributed by atoms with Gasteiger partial charge in [0.1, 0.15) is 0 Å². The molecule has 2 radical (unpaired) electrons. The number of rotatable bonds is 11. The van der Waals surface area contributed by atoms with Gasteiger partial charge in [0, 0.05) is 72.2 Å². The molecule has 2 fully saturated rings. The molecule has 58 heavy (non-hydrogen) atoms. The minimum absolute atomic E-state index is 0. The van der Waals surface area contributed by atoms with Gasteiger partial charge in [-0.2, -0.15) is 6.17 Å². The summed E-state index contributed by atoms with van der Waals surface area (Å²) in [5, 5.41) is 4.49. The fraction of sp³-hybridized carbons (Fsp3) is 0.738. The fourth-order valence-corrected chi connectivity index (χ4v) is 12.6. The van der Waals surface area contributed by atoms with E-state index in [0.717, 1.165) is 51.1 Å². The fourth-order valence-electron chi connectivity index (χ4n) is 6.91. The molecular weight excluding hydrogens is 887 g/mol. The Morgan fingerprint density at radius 2 is 1.28 bits per heavy atom. The molecule has 0 bridgehead atoms. The van der Waals surface area contributed by atoms with Gasteiger partial charge in [-0.3, -0.25) is 14.5 Å². The molecule has 2 heterocycles. The summed E-state index contributed by atoms with van der Waals surface area (Å²) in [6.45, 7) is 31.5. The predicted octanol–water partition coefficient (Wildman–Crippen LogP) is 11.0. The monoisotopic (exact) mass is 968 g/mol. The van der Waals surface area contributed by atoms with Crippen molar-refractivity contribution in [3.8, 4) is 0 Å². The second-order valence-electron chi connectivity index (χ2n) is 20.0. The second kappa shape index (κ2) is 28.4. The van der Waals surface area contributed by atoms with Gasteiger partial charge < -0.3 is 32.0 Å². The number of hydrogen-bond acceptors (Lipinski definition) is 6. The van der Waals surface area contributed by atoms with E-state index < -0.39 is 32.3 Å². The van der Waals surface area contributed by atoms with Crippen LogP contribution < -0.4 is 0 Å². The average Bonchev–Trinajstić information content (AvgIpc) is 3.69. The Morgan fingerprint density at radius 3 is 1.67 bits per heavy atom. The zero-order valence-corrected chi connectivity index (χ0v) is 45.4. The van der Waals surface area contributed by atoms with Crippen LogP contribution in [0.15, 0.2) is 24.3 Å². The maximum absolute atomic E-state index is 12.0. The van der Waals surface area contributed by atoms with Crippen LogP contribution in [0.4, 0.5) is 9.59 Å². The molecule has 4 rings (SSSR count). The summed E-state index contributed by atoms with van der Waals surface area (Å²) < 4.78 is 9.69. The van der Waals surface area contributed by atoms with Crippen LogP contribution in [0.5, 0.6) is 0 Å². The van der Waals surface area contributed by atoms with Crippen LogP contribution in [-0.4, -0.2) is 129 Å². The van der Waals surface area contributed by atoms with Gasteiger partial charge >= 0.3 is 12.2 Å².